The summed E-state index contributed by atoms with van der Waals surface area (Å²) in [6.07, 6.45) is 0. The number of hydrogen-bond donors (Lipinski definition) is 0. The van der Waals surface area contributed by atoms with Crippen LogP contribution in [-0.2, 0) is 11.3 Å². The molecule has 0 amide bonds. The van der Waals surface area contributed by atoms with Crippen LogP contribution in [0, 0.1) is 0 Å². The molecule has 1 saturated heterocycles. The monoisotopic (exact) mass is 237 g/mol. The molecule has 0 spiro atoms. The molecule has 1 heterocycles. The predicted octanol–water partition coefficient (Wildman–Crippen LogP) is 2.94. The van der Waals surface area contributed by atoms with E-state index < -0.39 is 0 Å². The second-order valence-corrected chi connectivity index (χ2v) is 5.15. The van der Waals surface area contributed by atoms with Gasteiger partial charge in [0.2, 0.25) is 0 Å². The van der Waals surface area contributed by atoms with E-state index in [0.29, 0.717) is 11.5 Å². The van der Waals surface area contributed by atoms with Gasteiger partial charge < -0.3 is 4.74 Å². The fourth-order valence-corrected chi connectivity index (χ4v) is 3.31. The molecule has 16 heavy (non-hydrogen) atoms. The topological polar surface area (TPSA) is 12.5 Å². The highest BCUT2D eigenvalue weighted by atomic mass is 32.2. The Kier molecular flexibility index (Phi) is 4.27. The quantitative estimate of drug-likeness (QED) is 0.799. The summed E-state index contributed by atoms with van der Waals surface area (Å²) in [4.78, 5) is 2.47. The van der Waals surface area contributed by atoms with Crippen LogP contribution in [0.3, 0.4) is 0 Å². The number of ether oxygens (including phenoxy) is 1. The standard InChI is InChI=1S/C13H19NOS/c1-3-15-13-11(2)14(10-16-13)9-12-7-5-4-6-8-12/h4-8,11,13H,3,9-10H2,1-2H3. The van der Waals surface area contributed by atoms with Crippen LogP contribution in [0.25, 0.3) is 0 Å². The van der Waals surface area contributed by atoms with E-state index in [1.165, 1.54) is 5.56 Å². The average molecular weight is 237 g/mol. The zero-order valence-corrected chi connectivity index (χ0v) is 10.7. The lowest BCUT2D eigenvalue weighted by molar-refractivity contribution is 0.0704. The van der Waals surface area contributed by atoms with Crippen molar-refractivity contribution in [3.63, 3.8) is 0 Å². The zero-order valence-electron chi connectivity index (χ0n) is 9.93. The molecule has 88 valence electrons. The van der Waals surface area contributed by atoms with E-state index in [9.17, 15) is 0 Å². The van der Waals surface area contributed by atoms with Crippen molar-refractivity contribution in [3.05, 3.63) is 35.9 Å². The minimum Gasteiger partial charge on any atom is -0.366 e. The van der Waals surface area contributed by atoms with Gasteiger partial charge in [0, 0.05) is 25.1 Å². The van der Waals surface area contributed by atoms with Crippen LogP contribution >= 0.6 is 11.8 Å². The maximum atomic E-state index is 5.70. The van der Waals surface area contributed by atoms with E-state index in [1.54, 1.807) is 0 Å². The summed E-state index contributed by atoms with van der Waals surface area (Å²) in [6.45, 7) is 6.15. The highest BCUT2D eigenvalue weighted by Crippen LogP contribution is 2.30. The zero-order chi connectivity index (χ0) is 11.4. The molecule has 0 aliphatic carbocycles. The highest BCUT2D eigenvalue weighted by molar-refractivity contribution is 8.00. The van der Waals surface area contributed by atoms with Crippen LogP contribution in [-0.4, -0.2) is 28.9 Å². The van der Waals surface area contributed by atoms with E-state index in [0.717, 1.165) is 19.0 Å². The van der Waals surface area contributed by atoms with E-state index in [2.05, 4.69) is 49.1 Å². The van der Waals surface area contributed by atoms with Crippen molar-refractivity contribution in [1.29, 1.82) is 0 Å². The Morgan fingerprint density at radius 3 is 2.81 bits per heavy atom. The van der Waals surface area contributed by atoms with Gasteiger partial charge in [-0.2, -0.15) is 0 Å². The summed E-state index contributed by atoms with van der Waals surface area (Å²) in [5.74, 6) is 1.07. The number of benzene rings is 1. The van der Waals surface area contributed by atoms with Crippen molar-refractivity contribution in [3.8, 4) is 0 Å². The molecule has 3 heteroatoms. The lowest BCUT2D eigenvalue weighted by Crippen LogP contribution is -2.32. The van der Waals surface area contributed by atoms with Gasteiger partial charge in [-0.05, 0) is 19.4 Å². The molecule has 2 rings (SSSR count). The SMILES string of the molecule is CCOC1SCN(Cc2ccccc2)C1C. The maximum absolute atomic E-state index is 5.70. The molecule has 1 aromatic rings. The third-order valence-electron chi connectivity index (χ3n) is 2.93. The van der Waals surface area contributed by atoms with Crippen LogP contribution < -0.4 is 0 Å². The largest absolute Gasteiger partial charge is 0.366 e. The van der Waals surface area contributed by atoms with E-state index >= 15 is 0 Å². The molecule has 0 bridgehead atoms. The average Bonchev–Trinajstić information content (AvgIpc) is 2.64. The molecule has 0 saturated carbocycles. The van der Waals surface area contributed by atoms with Crippen molar-refractivity contribution >= 4 is 11.8 Å². The summed E-state index contributed by atoms with van der Waals surface area (Å²) in [5, 5.41) is 0. The molecule has 1 aliphatic heterocycles. The van der Waals surface area contributed by atoms with Crippen LogP contribution in [0.1, 0.15) is 19.4 Å². The van der Waals surface area contributed by atoms with E-state index in [1.807, 2.05) is 11.8 Å². The third-order valence-corrected chi connectivity index (χ3v) is 4.27. The first-order chi connectivity index (χ1) is 7.81. The molecule has 1 aliphatic rings. The Morgan fingerprint density at radius 1 is 1.38 bits per heavy atom. The van der Waals surface area contributed by atoms with Crippen LogP contribution in [0.5, 0.6) is 0 Å². The van der Waals surface area contributed by atoms with Crippen molar-refractivity contribution in [2.24, 2.45) is 0 Å². The molecular formula is C13H19NOS. The third kappa shape index (κ3) is 2.78. The van der Waals surface area contributed by atoms with E-state index in [4.69, 9.17) is 4.74 Å². The fourth-order valence-electron chi connectivity index (χ4n) is 1.96. The minimum absolute atomic E-state index is 0.341. The lowest BCUT2D eigenvalue weighted by Gasteiger charge is -2.23. The Labute approximate surface area is 102 Å². The minimum atomic E-state index is 0.341. The number of nitrogens with zero attached hydrogens (tertiary/aromatic N) is 1. The van der Waals surface area contributed by atoms with Gasteiger partial charge in [0.25, 0.3) is 0 Å². The fraction of sp³-hybridized carbons (Fsp3) is 0.538. The first-order valence-electron chi connectivity index (χ1n) is 5.82. The molecule has 2 unspecified atom stereocenters. The first-order valence-corrected chi connectivity index (χ1v) is 6.87. The van der Waals surface area contributed by atoms with Crippen molar-refractivity contribution in [1.82, 2.24) is 4.90 Å². The predicted molar refractivity (Wildman–Crippen MR) is 69.3 cm³/mol. The summed E-state index contributed by atoms with van der Waals surface area (Å²) >= 11 is 1.91. The molecule has 1 aromatic carbocycles. The van der Waals surface area contributed by atoms with Gasteiger partial charge in [-0.3, -0.25) is 4.90 Å². The number of rotatable bonds is 4. The summed E-state index contributed by atoms with van der Waals surface area (Å²) in [7, 11) is 0. The Morgan fingerprint density at radius 2 is 2.12 bits per heavy atom. The van der Waals surface area contributed by atoms with Crippen molar-refractivity contribution in [2.45, 2.75) is 31.9 Å². The number of thioether (sulfide) groups is 1. The molecule has 2 nitrogen and oxygen atoms in total. The molecule has 2 atom stereocenters. The van der Waals surface area contributed by atoms with Crippen molar-refractivity contribution in [2.75, 3.05) is 12.5 Å². The highest BCUT2D eigenvalue weighted by Gasteiger charge is 2.31. The molecule has 0 radical (unpaired) electrons. The molecule has 1 fully saturated rings. The molecule has 0 aromatic heterocycles. The number of hydrogen-bond acceptors (Lipinski definition) is 3. The Hall–Kier alpha value is -0.510. The van der Waals surface area contributed by atoms with Gasteiger partial charge in [0.05, 0.1) is 0 Å². The summed E-state index contributed by atoms with van der Waals surface area (Å²) in [6, 6.07) is 11.1. The van der Waals surface area contributed by atoms with E-state index in [-0.39, 0.29) is 0 Å². The maximum Gasteiger partial charge on any atom is 0.119 e. The van der Waals surface area contributed by atoms with Crippen LogP contribution in [0.2, 0.25) is 0 Å². The van der Waals surface area contributed by atoms with Gasteiger partial charge in [0.15, 0.2) is 0 Å². The lowest BCUT2D eigenvalue weighted by atomic mass is 10.2. The Bertz CT molecular complexity index is 317. The van der Waals surface area contributed by atoms with Gasteiger partial charge in [-0.15, -0.1) is 11.8 Å². The van der Waals surface area contributed by atoms with Gasteiger partial charge in [-0.25, -0.2) is 0 Å². The molecule has 0 N–H and O–H groups in total. The summed E-state index contributed by atoms with van der Waals surface area (Å²) < 4.78 is 5.70. The summed E-state index contributed by atoms with van der Waals surface area (Å²) in [5.41, 5.74) is 1.72. The second-order valence-electron chi connectivity index (χ2n) is 4.09. The van der Waals surface area contributed by atoms with Gasteiger partial charge in [-0.1, -0.05) is 30.3 Å². The normalized spacial score (nSPS) is 26.1. The van der Waals surface area contributed by atoms with Crippen molar-refractivity contribution < 1.29 is 4.74 Å². The van der Waals surface area contributed by atoms with Gasteiger partial charge in [0.1, 0.15) is 5.44 Å². The van der Waals surface area contributed by atoms with Crippen LogP contribution in [0.15, 0.2) is 30.3 Å². The molecular weight excluding hydrogens is 218 g/mol. The smallest absolute Gasteiger partial charge is 0.119 e. The van der Waals surface area contributed by atoms with Gasteiger partial charge >= 0.3 is 0 Å². The first kappa shape index (κ1) is 12.0. The van der Waals surface area contributed by atoms with Crippen LogP contribution in [0.4, 0.5) is 0 Å². The Balaban J connectivity index is 1.92. The second kappa shape index (κ2) is 5.71.